The van der Waals surface area contributed by atoms with E-state index in [-0.39, 0.29) is 24.2 Å². The van der Waals surface area contributed by atoms with Crippen LogP contribution in [0.1, 0.15) is 23.4 Å². The molecule has 8 heteroatoms. The van der Waals surface area contributed by atoms with Gasteiger partial charge in [0, 0.05) is 19.2 Å². The summed E-state index contributed by atoms with van der Waals surface area (Å²) in [7, 11) is 0. The Morgan fingerprint density at radius 3 is 3.00 bits per heavy atom. The highest BCUT2D eigenvalue weighted by molar-refractivity contribution is 5.91. The first-order chi connectivity index (χ1) is 11.7. The molecule has 1 atom stereocenters. The van der Waals surface area contributed by atoms with Crippen LogP contribution in [0.3, 0.4) is 0 Å². The van der Waals surface area contributed by atoms with Crippen LogP contribution in [0.25, 0.3) is 0 Å². The van der Waals surface area contributed by atoms with Gasteiger partial charge in [0.2, 0.25) is 11.7 Å². The summed E-state index contributed by atoms with van der Waals surface area (Å²) in [5.74, 6) is 0.605. The molecule has 1 aliphatic carbocycles. The maximum Gasteiger partial charge on any atom is 0.292 e. The fourth-order valence-corrected chi connectivity index (χ4v) is 3.31. The van der Waals surface area contributed by atoms with Crippen LogP contribution in [0.5, 0.6) is 0 Å². The largest absolute Gasteiger partial charge is 0.376 e. The molecule has 3 aliphatic rings. The monoisotopic (exact) mass is 335 g/mol. The number of amides is 2. The minimum Gasteiger partial charge on any atom is -0.376 e. The third-order valence-electron chi connectivity index (χ3n) is 4.79. The highest BCUT2D eigenvalue weighted by Gasteiger charge is 2.45. The summed E-state index contributed by atoms with van der Waals surface area (Å²) in [5, 5.41) is 3.59. The summed E-state index contributed by atoms with van der Waals surface area (Å²) in [5.41, 5.74) is -0.672. The van der Waals surface area contributed by atoms with Gasteiger partial charge < -0.3 is 23.8 Å². The zero-order valence-corrected chi connectivity index (χ0v) is 13.5. The first-order valence-corrected chi connectivity index (χ1v) is 8.35. The molecule has 130 valence electrons. The lowest BCUT2D eigenvalue weighted by Gasteiger charge is -2.43. The van der Waals surface area contributed by atoms with E-state index in [0.29, 0.717) is 38.8 Å². The summed E-state index contributed by atoms with van der Waals surface area (Å²) in [6.45, 7) is 2.92. The van der Waals surface area contributed by atoms with E-state index in [1.807, 2.05) is 4.90 Å². The number of aromatic nitrogens is 1. The summed E-state index contributed by atoms with van der Waals surface area (Å²) in [6, 6.07) is 1.55. The molecular formula is C16H21N3O5. The molecule has 1 aromatic rings. The summed E-state index contributed by atoms with van der Waals surface area (Å²) < 4.78 is 16.5. The standard InChI is InChI=1S/C16H21N3O5/c20-14-8-23-16(10-19(14)7-12-1-2-12)9-18(5-6-22-11-16)15(21)13-3-4-17-24-13/h3-4,12H,1-2,5-11H2/t16-/m0/s1. The van der Waals surface area contributed by atoms with Gasteiger partial charge in [0.1, 0.15) is 12.2 Å². The van der Waals surface area contributed by atoms with Crippen LogP contribution in [-0.2, 0) is 14.3 Å². The molecule has 24 heavy (non-hydrogen) atoms. The number of hydrogen-bond donors (Lipinski definition) is 0. The van der Waals surface area contributed by atoms with Crippen molar-refractivity contribution in [3.8, 4) is 0 Å². The molecular weight excluding hydrogens is 314 g/mol. The molecule has 0 N–H and O–H groups in total. The number of hydrogen-bond acceptors (Lipinski definition) is 6. The van der Waals surface area contributed by atoms with Crippen molar-refractivity contribution in [1.29, 1.82) is 0 Å². The Kier molecular flexibility index (Phi) is 4.01. The van der Waals surface area contributed by atoms with Gasteiger partial charge in [-0.25, -0.2) is 0 Å². The van der Waals surface area contributed by atoms with E-state index < -0.39 is 5.60 Å². The normalized spacial score (nSPS) is 28.2. The first-order valence-electron chi connectivity index (χ1n) is 8.35. The Balaban J connectivity index is 1.50. The zero-order valence-electron chi connectivity index (χ0n) is 13.5. The Labute approximate surface area is 139 Å². The van der Waals surface area contributed by atoms with Crippen LogP contribution >= 0.6 is 0 Å². The Morgan fingerprint density at radius 2 is 2.25 bits per heavy atom. The molecule has 2 aliphatic heterocycles. The van der Waals surface area contributed by atoms with Gasteiger partial charge in [0.15, 0.2) is 0 Å². The van der Waals surface area contributed by atoms with Gasteiger partial charge in [0.25, 0.3) is 5.91 Å². The van der Waals surface area contributed by atoms with Crippen LogP contribution in [0.4, 0.5) is 0 Å². The van der Waals surface area contributed by atoms with Crippen molar-refractivity contribution >= 4 is 11.8 Å². The van der Waals surface area contributed by atoms with Crippen molar-refractivity contribution in [2.45, 2.75) is 18.4 Å². The molecule has 1 spiro atoms. The molecule has 2 saturated heterocycles. The van der Waals surface area contributed by atoms with E-state index >= 15 is 0 Å². The fourth-order valence-electron chi connectivity index (χ4n) is 3.31. The molecule has 0 unspecified atom stereocenters. The third-order valence-corrected chi connectivity index (χ3v) is 4.79. The quantitative estimate of drug-likeness (QED) is 0.782. The molecule has 0 aromatic carbocycles. The van der Waals surface area contributed by atoms with Crippen molar-refractivity contribution in [3.05, 3.63) is 18.0 Å². The predicted molar refractivity (Wildman–Crippen MR) is 81.2 cm³/mol. The molecule has 8 nitrogen and oxygen atoms in total. The van der Waals surface area contributed by atoms with Crippen molar-refractivity contribution in [2.24, 2.45) is 5.92 Å². The van der Waals surface area contributed by atoms with E-state index in [4.69, 9.17) is 14.0 Å². The Morgan fingerprint density at radius 1 is 1.38 bits per heavy atom. The minimum absolute atomic E-state index is 0.0184. The highest BCUT2D eigenvalue weighted by atomic mass is 16.6. The van der Waals surface area contributed by atoms with Crippen molar-refractivity contribution in [3.63, 3.8) is 0 Å². The second kappa shape index (κ2) is 6.18. The van der Waals surface area contributed by atoms with Gasteiger partial charge in [-0.05, 0) is 18.8 Å². The van der Waals surface area contributed by atoms with Gasteiger partial charge in [-0.1, -0.05) is 5.16 Å². The number of carbonyl (C=O) groups is 2. The van der Waals surface area contributed by atoms with Crippen molar-refractivity contribution < 1.29 is 23.6 Å². The number of rotatable bonds is 3. The van der Waals surface area contributed by atoms with Crippen LogP contribution in [0.2, 0.25) is 0 Å². The molecule has 3 fully saturated rings. The van der Waals surface area contributed by atoms with Crippen LogP contribution in [0.15, 0.2) is 16.8 Å². The first kappa shape index (κ1) is 15.6. The van der Waals surface area contributed by atoms with Crippen LogP contribution < -0.4 is 0 Å². The second-order valence-corrected chi connectivity index (χ2v) is 6.85. The van der Waals surface area contributed by atoms with E-state index in [0.717, 1.165) is 6.54 Å². The van der Waals surface area contributed by atoms with Crippen molar-refractivity contribution in [1.82, 2.24) is 15.0 Å². The Hall–Kier alpha value is -1.93. The number of nitrogens with zero attached hydrogens (tertiary/aromatic N) is 3. The van der Waals surface area contributed by atoms with Gasteiger partial charge in [-0.2, -0.15) is 0 Å². The van der Waals surface area contributed by atoms with Gasteiger partial charge >= 0.3 is 0 Å². The highest BCUT2D eigenvalue weighted by Crippen LogP contribution is 2.32. The molecule has 1 saturated carbocycles. The maximum absolute atomic E-state index is 12.6. The second-order valence-electron chi connectivity index (χ2n) is 6.85. The smallest absolute Gasteiger partial charge is 0.292 e. The zero-order chi connectivity index (χ0) is 16.6. The van der Waals surface area contributed by atoms with Crippen molar-refractivity contribution in [2.75, 3.05) is 46.0 Å². The SMILES string of the molecule is O=C1CO[C@]2(COCCN(C(=O)c3ccno3)C2)CN1CC1CC1. The van der Waals surface area contributed by atoms with E-state index in [1.54, 1.807) is 11.0 Å². The molecule has 1 aromatic heterocycles. The third kappa shape index (κ3) is 3.16. The number of morpholine rings is 1. The molecule has 0 bridgehead atoms. The summed E-state index contributed by atoms with van der Waals surface area (Å²) in [4.78, 5) is 28.2. The number of carbonyl (C=O) groups excluding carboxylic acids is 2. The molecule has 2 amide bonds. The van der Waals surface area contributed by atoms with E-state index in [1.165, 1.54) is 19.0 Å². The average Bonchev–Trinajstić information content (AvgIpc) is 3.27. The number of ether oxygens (including phenoxy) is 2. The predicted octanol–water partition coefficient (Wildman–Crippen LogP) is 0.155. The summed E-state index contributed by atoms with van der Waals surface area (Å²) >= 11 is 0. The fraction of sp³-hybridized carbons (Fsp3) is 0.688. The molecule has 4 rings (SSSR count). The van der Waals surface area contributed by atoms with E-state index in [2.05, 4.69) is 5.16 Å². The maximum atomic E-state index is 12.6. The van der Waals surface area contributed by atoms with Crippen LogP contribution in [-0.4, -0.2) is 78.4 Å². The van der Waals surface area contributed by atoms with Gasteiger partial charge in [-0.3, -0.25) is 9.59 Å². The van der Waals surface area contributed by atoms with Gasteiger partial charge in [0.05, 0.1) is 32.5 Å². The Bertz CT molecular complexity index is 615. The molecule has 3 heterocycles. The lowest BCUT2D eigenvalue weighted by atomic mass is 10.0. The topological polar surface area (TPSA) is 85.1 Å². The summed E-state index contributed by atoms with van der Waals surface area (Å²) in [6.07, 6.45) is 3.82. The lowest BCUT2D eigenvalue weighted by molar-refractivity contribution is -0.172. The van der Waals surface area contributed by atoms with Gasteiger partial charge in [-0.15, -0.1) is 0 Å². The average molecular weight is 335 g/mol. The molecule has 0 radical (unpaired) electrons. The van der Waals surface area contributed by atoms with E-state index in [9.17, 15) is 9.59 Å². The van der Waals surface area contributed by atoms with Crippen LogP contribution in [0, 0.1) is 5.92 Å². The minimum atomic E-state index is -0.672. The lowest BCUT2D eigenvalue weighted by Crippen LogP contribution is -2.61.